The van der Waals surface area contributed by atoms with Gasteiger partial charge in [-0.05, 0) is 30.4 Å². The largest absolute Gasteiger partial charge is 0.469 e. The van der Waals surface area contributed by atoms with Crippen molar-refractivity contribution in [3.05, 3.63) is 35.9 Å². The Kier molecular flexibility index (Phi) is 5.34. The lowest BCUT2D eigenvalue weighted by Crippen LogP contribution is -2.51. The molecule has 7 nitrogen and oxygen atoms in total. The van der Waals surface area contributed by atoms with Crippen LogP contribution in [0.1, 0.15) is 29.6 Å². The fraction of sp³-hybridized carbons (Fsp3) is 0.556. The molecule has 1 amide bonds. The van der Waals surface area contributed by atoms with Crippen LogP contribution in [0.2, 0.25) is 0 Å². The number of carbonyl (C=O) groups excluding carboxylic acids is 2. The molecule has 1 saturated carbocycles. The van der Waals surface area contributed by atoms with E-state index in [1.807, 2.05) is 18.2 Å². The van der Waals surface area contributed by atoms with E-state index in [9.17, 15) is 18.0 Å². The first-order valence-electron chi connectivity index (χ1n) is 8.74. The highest BCUT2D eigenvalue weighted by Crippen LogP contribution is 2.50. The summed E-state index contributed by atoms with van der Waals surface area (Å²) in [7, 11) is -2.14. The number of hydrogen-bond acceptors (Lipinski definition) is 5. The van der Waals surface area contributed by atoms with Gasteiger partial charge in [0.2, 0.25) is 10.0 Å². The van der Waals surface area contributed by atoms with Gasteiger partial charge < -0.3 is 9.64 Å². The van der Waals surface area contributed by atoms with E-state index in [-0.39, 0.29) is 37.1 Å². The standard InChI is InChI=1S/C18H24N2O5S/c1-25-16(21)13-18(7-8-18)14-26(23,24)20-11-9-19(10-12-20)17(22)15-5-3-2-4-6-15/h2-6H,7-14H2,1H3. The lowest BCUT2D eigenvalue weighted by atomic mass is 10.1. The maximum absolute atomic E-state index is 12.7. The molecule has 1 saturated heterocycles. The number of hydrogen-bond donors (Lipinski definition) is 0. The number of amides is 1. The molecule has 2 fully saturated rings. The molecule has 0 N–H and O–H groups in total. The lowest BCUT2D eigenvalue weighted by molar-refractivity contribution is -0.141. The molecular weight excluding hydrogens is 356 g/mol. The Hall–Kier alpha value is -1.93. The van der Waals surface area contributed by atoms with Crippen LogP contribution in [0.25, 0.3) is 0 Å². The van der Waals surface area contributed by atoms with E-state index < -0.39 is 15.4 Å². The average Bonchev–Trinajstić information content (AvgIpc) is 3.39. The minimum atomic E-state index is -3.46. The summed E-state index contributed by atoms with van der Waals surface area (Å²) in [4.78, 5) is 25.6. The molecule has 26 heavy (non-hydrogen) atoms. The second kappa shape index (κ2) is 7.36. The minimum absolute atomic E-state index is 0.0261. The fourth-order valence-corrected chi connectivity index (χ4v) is 5.40. The molecule has 1 aliphatic carbocycles. The van der Waals surface area contributed by atoms with Crippen LogP contribution in [-0.2, 0) is 19.6 Å². The first kappa shape index (κ1) is 18.8. The number of carbonyl (C=O) groups is 2. The summed E-state index contributed by atoms with van der Waals surface area (Å²) in [6.07, 6.45) is 1.61. The molecular formula is C18H24N2O5S. The van der Waals surface area contributed by atoms with Gasteiger partial charge in [-0.3, -0.25) is 9.59 Å². The van der Waals surface area contributed by atoms with Crippen LogP contribution in [0.15, 0.2) is 30.3 Å². The maximum Gasteiger partial charge on any atom is 0.306 e. The van der Waals surface area contributed by atoms with Crippen molar-refractivity contribution in [3.63, 3.8) is 0 Å². The summed E-state index contributed by atoms with van der Waals surface area (Å²) >= 11 is 0. The van der Waals surface area contributed by atoms with Crippen LogP contribution in [0.4, 0.5) is 0 Å². The monoisotopic (exact) mass is 380 g/mol. The zero-order valence-electron chi connectivity index (χ0n) is 14.9. The summed E-state index contributed by atoms with van der Waals surface area (Å²) < 4.78 is 31.6. The third-order valence-corrected chi connectivity index (χ3v) is 7.26. The van der Waals surface area contributed by atoms with Gasteiger partial charge in [-0.15, -0.1) is 0 Å². The average molecular weight is 380 g/mol. The zero-order chi connectivity index (χ0) is 18.8. The first-order chi connectivity index (χ1) is 12.4. The van der Waals surface area contributed by atoms with E-state index in [2.05, 4.69) is 4.74 Å². The van der Waals surface area contributed by atoms with Gasteiger partial charge in [-0.25, -0.2) is 8.42 Å². The maximum atomic E-state index is 12.7. The SMILES string of the molecule is COC(=O)CC1(CS(=O)(=O)N2CCN(C(=O)c3ccccc3)CC2)CC1. The molecule has 1 aromatic rings. The van der Waals surface area contributed by atoms with Crippen molar-refractivity contribution in [1.29, 1.82) is 0 Å². The van der Waals surface area contributed by atoms with Gasteiger partial charge in [0.05, 0.1) is 19.3 Å². The summed E-state index contributed by atoms with van der Waals surface area (Å²) in [6.45, 7) is 1.32. The Labute approximate surface area is 154 Å². The number of esters is 1. The van der Waals surface area contributed by atoms with Crippen molar-refractivity contribution in [3.8, 4) is 0 Å². The van der Waals surface area contributed by atoms with Crippen LogP contribution in [0, 0.1) is 5.41 Å². The predicted octanol–water partition coefficient (Wildman–Crippen LogP) is 1.12. The second-order valence-corrected chi connectivity index (χ2v) is 9.04. The van der Waals surface area contributed by atoms with Gasteiger partial charge >= 0.3 is 5.97 Å². The third kappa shape index (κ3) is 4.24. The van der Waals surface area contributed by atoms with Crippen LogP contribution in [-0.4, -0.2) is 68.5 Å². The van der Waals surface area contributed by atoms with Gasteiger partial charge in [0.1, 0.15) is 0 Å². The van der Waals surface area contributed by atoms with E-state index in [1.54, 1.807) is 17.0 Å². The summed E-state index contributed by atoms with van der Waals surface area (Å²) in [5.74, 6) is -0.468. The van der Waals surface area contributed by atoms with Crippen molar-refractivity contribution >= 4 is 21.9 Å². The number of nitrogens with zero attached hydrogens (tertiary/aromatic N) is 2. The van der Waals surface area contributed by atoms with Crippen molar-refractivity contribution in [2.75, 3.05) is 39.0 Å². The molecule has 2 aliphatic rings. The van der Waals surface area contributed by atoms with E-state index in [0.717, 1.165) is 12.8 Å². The number of sulfonamides is 1. The Morgan fingerprint density at radius 2 is 1.69 bits per heavy atom. The minimum Gasteiger partial charge on any atom is -0.469 e. The van der Waals surface area contributed by atoms with E-state index in [0.29, 0.717) is 18.7 Å². The molecule has 1 heterocycles. The van der Waals surface area contributed by atoms with Gasteiger partial charge in [0, 0.05) is 31.7 Å². The molecule has 0 atom stereocenters. The smallest absolute Gasteiger partial charge is 0.306 e. The lowest BCUT2D eigenvalue weighted by Gasteiger charge is -2.34. The Morgan fingerprint density at radius 1 is 1.08 bits per heavy atom. The molecule has 0 unspecified atom stereocenters. The van der Waals surface area contributed by atoms with Crippen LogP contribution in [0.5, 0.6) is 0 Å². The molecule has 1 aromatic carbocycles. The Bertz CT molecular complexity index is 766. The number of piperazine rings is 1. The summed E-state index contributed by atoms with van der Waals surface area (Å²) in [5, 5.41) is 0. The van der Waals surface area contributed by atoms with Crippen molar-refractivity contribution in [2.24, 2.45) is 5.41 Å². The molecule has 3 rings (SSSR count). The van der Waals surface area contributed by atoms with Crippen molar-refractivity contribution < 1.29 is 22.7 Å². The highest BCUT2D eigenvalue weighted by atomic mass is 32.2. The molecule has 8 heteroatoms. The van der Waals surface area contributed by atoms with Crippen molar-refractivity contribution in [1.82, 2.24) is 9.21 Å². The third-order valence-electron chi connectivity index (χ3n) is 5.13. The molecule has 0 aromatic heterocycles. The number of rotatable bonds is 6. The van der Waals surface area contributed by atoms with Gasteiger partial charge in [-0.2, -0.15) is 4.31 Å². The predicted molar refractivity (Wildman–Crippen MR) is 96.0 cm³/mol. The number of ether oxygens (including phenoxy) is 1. The second-order valence-electron chi connectivity index (χ2n) is 7.07. The quantitative estimate of drug-likeness (QED) is 0.691. The van der Waals surface area contributed by atoms with Crippen LogP contribution in [0.3, 0.4) is 0 Å². The van der Waals surface area contributed by atoms with Crippen LogP contribution < -0.4 is 0 Å². The molecule has 0 radical (unpaired) electrons. The van der Waals surface area contributed by atoms with Gasteiger partial charge in [0.15, 0.2) is 0 Å². The highest BCUT2D eigenvalue weighted by Gasteiger charge is 2.49. The topological polar surface area (TPSA) is 84.0 Å². The molecule has 0 bridgehead atoms. The summed E-state index contributed by atoms with van der Waals surface area (Å²) in [5.41, 5.74) is 0.141. The highest BCUT2D eigenvalue weighted by molar-refractivity contribution is 7.89. The first-order valence-corrected chi connectivity index (χ1v) is 10.4. The molecule has 142 valence electrons. The Balaban J connectivity index is 1.57. The van der Waals surface area contributed by atoms with E-state index in [1.165, 1.54) is 11.4 Å². The van der Waals surface area contributed by atoms with E-state index in [4.69, 9.17) is 0 Å². The van der Waals surface area contributed by atoms with E-state index >= 15 is 0 Å². The Morgan fingerprint density at radius 3 is 2.23 bits per heavy atom. The molecule has 1 aliphatic heterocycles. The molecule has 0 spiro atoms. The van der Waals surface area contributed by atoms with Gasteiger partial charge in [0.25, 0.3) is 5.91 Å². The normalized spacial score (nSPS) is 19.8. The fourth-order valence-electron chi connectivity index (χ4n) is 3.34. The van der Waals surface area contributed by atoms with Crippen molar-refractivity contribution in [2.45, 2.75) is 19.3 Å². The van der Waals surface area contributed by atoms with Gasteiger partial charge in [-0.1, -0.05) is 18.2 Å². The van der Waals surface area contributed by atoms with Crippen LogP contribution >= 0.6 is 0 Å². The summed E-state index contributed by atoms with van der Waals surface area (Å²) in [6, 6.07) is 8.99. The number of methoxy groups -OCH3 is 1. The zero-order valence-corrected chi connectivity index (χ0v) is 15.7. The number of benzene rings is 1.